The number of ether oxygens (including phenoxy) is 2. The first kappa shape index (κ1) is 22.2. The van der Waals surface area contributed by atoms with Gasteiger partial charge >= 0.3 is 0 Å². The van der Waals surface area contributed by atoms with Crippen LogP contribution in [0.15, 0.2) is 6.07 Å². The molecule has 0 atom stereocenters. The average Bonchev–Trinajstić information content (AvgIpc) is 3.53. The van der Waals surface area contributed by atoms with Crippen LogP contribution in [0.2, 0.25) is 0 Å². The Morgan fingerprint density at radius 1 is 1.35 bits per heavy atom. The molecular weight excluding hydrogens is 396 g/mol. The Bertz CT molecular complexity index is 953. The minimum atomic E-state index is -0.507. The predicted octanol–water partition coefficient (Wildman–Crippen LogP) is 2.66. The third-order valence-electron chi connectivity index (χ3n) is 6.18. The van der Waals surface area contributed by atoms with Gasteiger partial charge in [-0.15, -0.1) is 0 Å². The molecule has 2 aromatic rings. The van der Waals surface area contributed by atoms with Crippen molar-refractivity contribution in [3.63, 3.8) is 0 Å². The summed E-state index contributed by atoms with van der Waals surface area (Å²) in [6, 6.07) is 1.95. The molecule has 8 heteroatoms. The lowest BCUT2D eigenvalue weighted by Gasteiger charge is -2.37. The van der Waals surface area contributed by atoms with E-state index in [-0.39, 0.29) is 24.7 Å². The van der Waals surface area contributed by atoms with E-state index in [2.05, 4.69) is 26.1 Å². The van der Waals surface area contributed by atoms with Crippen molar-refractivity contribution in [1.82, 2.24) is 20.1 Å². The molecule has 2 aliphatic rings. The van der Waals surface area contributed by atoms with Crippen LogP contribution in [0.1, 0.15) is 74.1 Å². The van der Waals surface area contributed by atoms with Crippen molar-refractivity contribution >= 4 is 16.9 Å². The molecular formula is C23H34N4O4. The highest BCUT2D eigenvalue weighted by Gasteiger charge is 2.35. The van der Waals surface area contributed by atoms with Gasteiger partial charge in [-0.1, -0.05) is 0 Å². The molecule has 8 nitrogen and oxygen atoms in total. The van der Waals surface area contributed by atoms with E-state index in [1.807, 2.05) is 17.7 Å². The Labute approximate surface area is 183 Å². The Balaban J connectivity index is 1.66. The van der Waals surface area contributed by atoms with Gasteiger partial charge in [0.25, 0.3) is 5.91 Å². The van der Waals surface area contributed by atoms with Crippen molar-refractivity contribution in [3.05, 3.63) is 23.0 Å². The molecule has 0 unspecified atom stereocenters. The Hall–Kier alpha value is -2.03. The summed E-state index contributed by atoms with van der Waals surface area (Å²) in [5.74, 6) is 0.290. The molecule has 1 saturated carbocycles. The number of aliphatic hydroxyl groups excluding tert-OH is 1. The van der Waals surface area contributed by atoms with Crippen molar-refractivity contribution in [3.8, 4) is 0 Å². The molecule has 1 saturated heterocycles. The van der Waals surface area contributed by atoms with Crippen LogP contribution in [0.3, 0.4) is 0 Å². The standard InChI is InChI=1S/C23H34N4O4/c1-15-19-17(21(29)24-14-23(31-12-9-28)7-10-30-11-8-23)13-18(16-5-6-16)25-20(19)27(26-15)22(2,3)4/h13,16,28H,5-12,14H2,1-4H3,(H,24,29). The van der Waals surface area contributed by atoms with Crippen LogP contribution in [-0.2, 0) is 15.0 Å². The molecule has 0 spiro atoms. The van der Waals surface area contributed by atoms with Gasteiger partial charge in [0, 0.05) is 44.2 Å². The van der Waals surface area contributed by atoms with E-state index < -0.39 is 5.60 Å². The van der Waals surface area contributed by atoms with Gasteiger partial charge in [0.2, 0.25) is 0 Å². The van der Waals surface area contributed by atoms with Gasteiger partial charge in [-0.2, -0.15) is 5.10 Å². The fourth-order valence-electron chi connectivity index (χ4n) is 4.26. The zero-order valence-electron chi connectivity index (χ0n) is 19.0. The molecule has 1 aliphatic heterocycles. The van der Waals surface area contributed by atoms with Crippen LogP contribution in [0, 0.1) is 6.92 Å². The molecule has 2 aromatic heterocycles. The second-order valence-corrected chi connectivity index (χ2v) is 9.79. The minimum absolute atomic E-state index is 0.0442. The maximum atomic E-state index is 13.4. The molecule has 4 rings (SSSR count). The number of pyridine rings is 1. The van der Waals surface area contributed by atoms with Gasteiger partial charge in [0.1, 0.15) is 0 Å². The fourth-order valence-corrected chi connectivity index (χ4v) is 4.26. The fraction of sp³-hybridized carbons (Fsp3) is 0.696. The summed E-state index contributed by atoms with van der Waals surface area (Å²) in [6.45, 7) is 9.98. The number of aromatic nitrogens is 3. The lowest BCUT2D eigenvalue weighted by Crippen LogP contribution is -2.49. The van der Waals surface area contributed by atoms with Gasteiger partial charge in [0.15, 0.2) is 5.65 Å². The van der Waals surface area contributed by atoms with Gasteiger partial charge in [-0.3, -0.25) is 4.79 Å². The average molecular weight is 431 g/mol. The largest absolute Gasteiger partial charge is 0.394 e. The molecule has 170 valence electrons. The first-order valence-electron chi connectivity index (χ1n) is 11.3. The van der Waals surface area contributed by atoms with E-state index in [9.17, 15) is 9.90 Å². The van der Waals surface area contributed by atoms with Crippen molar-refractivity contribution in [2.75, 3.05) is 33.0 Å². The molecule has 1 aliphatic carbocycles. The number of aryl methyl sites for hydroxylation is 1. The zero-order chi connectivity index (χ0) is 22.2. The predicted molar refractivity (Wildman–Crippen MR) is 117 cm³/mol. The van der Waals surface area contributed by atoms with Gasteiger partial charge in [-0.05, 0) is 46.6 Å². The van der Waals surface area contributed by atoms with Gasteiger partial charge in [0.05, 0.1) is 41.0 Å². The maximum absolute atomic E-state index is 13.4. The van der Waals surface area contributed by atoms with E-state index in [4.69, 9.17) is 19.6 Å². The highest BCUT2D eigenvalue weighted by atomic mass is 16.5. The van der Waals surface area contributed by atoms with Gasteiger partial charge < -0.3 is 19.9 Å². The van der Waals surface area contributed by atoms with Crippen LogP contribution in [0.4, 0.5) is 0 Å². The minimum Gasteiger partial charge on any atom is -0.394 e. The van der Waals surface area contributed by atoms with E-state index in [1.54, 1.807) is 0 Å². The lowest BCUT2D eigenvalue weighted by atomic mass is 9.93. The molecule has 0 radical (unpaired) electrons. The van der Waals surface area contributed by atoms with Crippen LogP contribution < -0.4 is 5.32 Å². The zero-order valence-corrected chi connectivity index (χ0v) is 19.0. The summed E-state index contributed by atoms with van der Waals surface area (Å²) in [6.07, 6.45) is 3.60. The summed E-state index contributed by atoms with van der Waals surface area (Å²) in [5.41, 5.74) is 2.44. The molecule has 2 N–H and O–H groups in total. The van der Waals surface area contributed by atoms with Crippen molar-refractivity contribution in [1.29, 1.82) is 0 Å². The van der Waals surface area contributed by atoms with E-state index in [0.717, 1.165) is 35.3 Å². The van der Waals surface area contributed by atoms with Crippen molar-refractivity contribution in [2.24, 2.45) is 0 Å². The van der Waals surface area contributed by atoms with E-state index in [1.165, 1.54) is 0 Å². The number of hydrogen-bond acceptors (Lipinski definition) is 6. The molecule has 31 heavy (non-hydrogen) atoms. The van der Waals surface area contributed by atoms with E-state index >= 15 is 0 Å². The summed E-state index contributed by atoms with van der Waals surface area (Å²) >= 11 is 0. The lowest BCUT2D eigenvalue weighted by molar-refractivity contribution is -0.114. The Morgan fingerprint density at radius 2 is 2.06 bits per heavy atom. The second kappa shape index (κ2) is 8.48. The Kier molecular flexibility index (Phi) is 6.07. The monoisotopic (exact) mass is 430 g/mol. The summed E-state index contributed by atoms with van der Waals surface area (Å²) in [5, 5.41) is 17.9. The molecule has 2 fully saturated rings. The number of hydrogen-bond donors (Lipinski definition) is 2. The van der Waals surface area contributed by atoms with Crippen LogP contribution in [0.5, 0.6) is 0 Å². The highest BCUT2D eigenvalue weighted by Crippen LogP contribution is 2.41. The quantitative estimate of drug-likeness (QED) is 0.701. The SMILES string of the molecule is Cc1nn(C(C)(C)C)c2nc(C3CC3)cc(C(=O)NCC3(OCCO)CCOCC3)c12. The number of aliphatic hydroxyl groups is 1. The smallest absolute Gasteiger partial charge is 0.252 e. The third-order valence-corrected chi connectivity index (χ3v) is 6.18. The number of nitrogens with zero attached hydrogens (tertiary/aromatic N) is 3. The normalized spacial score (nSPS) is 19.0. The first-order valence-corrected chi connectivity index (χ1v) is 11.3. The number of fused-ring (bicyclic) bond motifs is 1. The molecule has 1 amide bonds. The number of amides is 1. The van der Waals surface area contributed by atoms with Crippen LogP contribution in [-0.4, -0.2) is 64.4 Å². The molecule has 3 heterocycles. The second-order valence-electron chi connectivity index (χ2n) is 9.79. The molecule has 0 bridgehead atoms. The van der Waals surface area contributed by atoms with Crippen LogP contribution >= 0.6 is 0 Å². The van der Waals surface area contributed by atoms with E-state index in [0.29, 0.717) is 44.1 Å². The van der Waals surface area contributed by atoms with Crippen molar-refractivity contribution < 1.29 is 19.4 Å². The molecule has 0 aromatic carbocycles. The summed E-state index contributed by atoms with van der Waals surface area (Å²) < 4.78 is 13.4. The topological polar surface area (TPSA) is 98.5 Å². The third kappa shape index (κ3) is 4.61. The summed E-state index contributed by atoms with van der Waals surface area (Å²) in [4.78, 5) is 18.3. The number of carbonyl (C=O) groups is 1. The number of rotatable bonds is 7. The van der Waals surface area contributed by atoms with Crippen LogP contribution in [0.25, 0.3) is 11.0 Å². The van der Waals surface area contributed by atoms with Crippen molar-refractivity contribution in [2.45, 2.75) is 70.4 Å². The number of nitrogens with one attached hydrogen (secondary N) is 1. The summed E-state index contributed by atoms with van der Waals surface area (Å²) in [7, 11) is 0. The van der Waals surface area contributed by atoms with Gasteiger partial charge in [-0.25, -0.2) is 9.67 Å². The first-order chi connectivity index (χ1) is 14.7. The maximum Gasteiger partial charge on any atom is 0.252 e. The Morgan fingerprint density at radius 3 is 2.68 bits per heavy atom. The number of carbonyl (C=O) groups excluding carboxylic acids is 1. The highest BCUT2D eigenvalue weighted by molar-refractivity contribution is 6.06.